The molecule has 1 aliphatic rings. The third kappa shape index (κ3) is 6.60. The van der Waals surface area contributed by atoms with E-state index in [1.807, 2.05) is 20.8 Å². The Hall–Kier alpha value is -0.890. The molecule has 7 heteroatoms. The van der Waals surface area contributed by atoms with Gasteiger partial charge < -0.3 is 24.3 Å². The number of carbonyl (C=O) groups excluding carboxylic acids is 1. The lowest BCUT2D eigenvalue weighted by molar-refractivity contribution is -0.0999. The van der Waals surface area contributed by atoms with Gasteiger partial charge in [0.1, 0.15) is 5.60 Å². The SMILES string of the molecule is COC(CNCC1COCCN1C(=O)OC(C)(C)C)OC. The number of methoxy groups -OCH3 is 2. The van der Waals surface area contributed by atoms with Crippen LogP contribution < -0.4 is 5.32 Å². The Morgan fingerprint density at radius 3 is 2.62 bits per heavy atom. The first kappa shape index (κ1) is 18.2. The van der Waals surface area contributed by atoms with Crippen LogP contribution in [0.15, 0.2) is 0 Å². The molecule has 1 unspecified atom stereocenters. The van der Waals surface area contributed by atoms with Crippen molar-refractivity contribution in [3.8, 4) is 0 Å². The van der Waals surface area contributed by atoms with E-state index in [0.29, 0.717) is 32.8 Å². The molecule has 7 nitrogen and oxygen atoms in total. The summed E-state index contributed by atoms with van der Waals surface area (Å²) in [4.78, 5) is 13.9. The summed E-state index contributed by atoms with van der Waals surface area (Å²) in [5, 5.41) is 3.23. The lowest BCUT2D eigenvalue weighted by atomic mass is 10.2. The largest absolute Gasteiger partial charge is 0.444 e. The van der Waals surface area contributed by atoms with E-state index in [0.717, 1.165) is 0 Å². The molecule has 1 rings (SSSR count). The highest BCUT2D eigenvalue weighted by Gasteiger charge is 2.30. The average molecular weight is 304 g/mol. The van der Waals surface area contributed by atoms with Crippen molar-refractivity contribution in [2.45, 2.75) is 38.7 Å². The van der Waals surface area contributed by atoms with E-state index in [1.54, 1.807) is 19.1 Å². The Labute approximate surface area is 126 Å². The number of amides is 1. The monoisotopic (exact) mass is 304 g/mol. The zero-order valence-electron chi connectivity index (χ0n) is 13.7. The number of morpholine rings is 1. The summed E-state index contributed by atoms with van der Waals surface area (Å²) in [5.74, 6) is 0. The van der Waals surface area contributed by atoms with Gasteiger partial charge >= 0.3 is 6.09 Å². The second kappa shape index (κ2) is 8.53. The van der Waals surface area contributed by atoms with E-state index in [1.165, 1.54) is 0 Å². The van der Waals surface area contributed by atoms with Crippen molar-refractivity contribution in [1.29, 1.82) is 0 Å². The van der Waals surface area contributed by atoms with E-state index < -0.39 is 5.60 Å². The Morgan fingerprint density at radius 2 is 2.05 bits per heavy atom. The molecule has 1 aliphatic heterocycles. The van der Waals surface area contributed by atoms with Gasteiger partial charge in [-0.1, -0.05) is 0 Å². The van der Waals surface area contributed by atoms with Crippen LogP contribution in [0.3, 0.4) is 0 Å². The maximum atomic E-state index is 12.2. The topological polar surface area (TPSA) is 69.3 Å². The molecule has 21 heavy (non-hydrogen) atoms. The van der Waals surface area contributed by atoms with Gasteiger partial charge in [-0.3, -0.25) is 4.90 Å². The van der Waals surface area contributed by atoms with Crippen molar-refractivity contribution in [3.63, 3.8) is 0 Å². The summed E-state index contributed by atoms with van der Waals surface area (Å²) in [6.45, 7) is 8.31. The Kier molecular flexibility index (Phi) is 7.37. The smallest absolute Gasteiger partial charge is 0.410 e. The molecule has 1 atom stereocenters. The summed E-state index contributed by atoms with van der Waals surface area (Å²) in [7, 11) is 3.18. The standard InChI is InChI=1S/C14H28N2O5/c1-14(2,3)21-13(17)16-6-7-20-10-11(16)8-15-9-12(18-4)19-5/h11-12,15H,6-10H2,1-5H3. The second-order valence-corrected chi connectivity index (χ2v) is 5.96. The summed E-state index contributed by atoms with van der Waals surface area (Å²) in [6.07, 6.45) is -0.600. The minimum absolute atomic E-state index is 0.0528. The van der Waals surface area contributed by atoms with E-state index in [2.05, 4.69) is 5.32 Å². The first-order chi connectivity index (χ1) is 9.87. The van der Waals surface area contributed by atoms with Gasteiger partial charge in [0.25, 0.3) is 0 Å². The van der Waals surface area contributed by atoms with Gasteiger partial charge in [-0.05, 0) is 20.8 Å². The van der Waals surface area contributed by atoms with Crippen molar-refractivity contribution in [2.75, 3.05) is 47.1 Å². The second-order valence-electron chi connectivity index (χ2n) is 5.96. The Balaban J connectivity index is 2.47. The maximum absolute atomic E-state index is 12.2. The molecule has 1 heterocycles. The predicted octanol–water partition coefficient (Wildman–Crippen LogP) is 0.831. The average Bonchev–Trinajstić information content (AvgIpc) is 2.42. The lowest BCUT2D eigenvalue weighted by Crippen LogP contribution is -2.54. The van der Waals surface area contributed by atoms with Crippen LogP contribution in [-0.2, 0) is 18.9 Å². The van der Waals surface area contributed by atoms with E-state index >= 15 is 0 Å². The molecule has 0 bridgehead atoms. The van der Waals surface area contributed by atoms with Crippen LogP contribution in [0.2, 0.25) is 0 Å². The molecule has 1 fully saturated rings. The third-order valence-electron chi connectivity index (χ3n) is 3.07. The first-order valence-electron chi connectivity index (χ1n) is 7.21. The molecule has 0 aromatic rings. The minimum Gasteiger partial charge on any atom is -0.444 e. The quantitative estimate of drug-likeness (QED) is 0.733. The zero-order valence-corrected chi connectivity index (χ0v) is 13.7. The van der Waals surface area contributed by atoms with Crippen molar-refractivity contribution < 1.29 is 23.7 Å². The molecular formula is C14H28N2O5. The fraction of sp³-hybridized carbons (Fsp3) is 0.929. The van der Waals surface area contributed by atoms with Crippen molar-refractivity contribution in [2.24, 2.45) is 0 Å². The zero-order chi connectivity index (χ0) is 15.9. The van der Waals surface area contributed by atoms with E-state index in [9.17, 15) is 4.79 Å². The maximum Gasteiger partial charge on any atom is 0.410 e. The highest BCUT2D eigenvalue weighted by molar-refractivity contribution is 5.68. The van der Waals surface area contributed by atoms with Crippen LogP contribution in [0.25, 0.3) is 0 Å². The number of hydrogen-bond donors (Lipinski definition) is 1. The highest BCUT2D eigenvalue weighted by atomic mass is 16.7. The van der Waals surface area contributed by atoms with Gasteiger partial charge in [0.2, 0.25) is 0 Å². The summed E-state index contributed by atoms with van der Waals surface area (Å²) in [5.41, 5.74) is -0.495. The van der Waals surface area contributed by atoms with Crippen molar-refractivity contribution in [3.05, 3.63) is 0 Å². The van der Waals surface area contributed by atoms with E-state index in [-0.39, 0.29) is 18.4 Å². The van der Waals surface area contributed by atoms with Crippen molar-refractivity contribution in [1.82, 2.24) is 10.2 Å². The molecule has 1 N–H and O–H groups in total. The molecule has 1 amide bonds. The number of rotatable bonds is 6. The molecule has 0 aliphatic carbocycles. The van der Waals surface area contributed by atoms with Gasteiger partial charge in [-0.25, -0.2) is 4.79 Å². The summed E-state index contributed by atoms with van der Waals surface area (Å²) in [6, 6.07) is -0.0528. The van der Waals surface area contributed by atoms with Gasteiger partial charge in [0, 0.05) is 33.9 Å². The molecule has 0 aromatic carbocycles. The molecule has 1 saturated heterocycles. The normalized spacial score (nSPS) is 19.9. The predicted molar refractivity (Wildman–Crippen MR) is 78.2 cm³/mol. The van der Waals surface area contributed by atoms with Gasteiger partial charge in [0.15, 0.2) is 6.29 Å². The molecular weight excluding hydrogens is 276 g/mol. The van der Waals surface area contributed by atoms with Crippen LogP contribution >= 0.6 is 0 Å². The van der Waals surface area contributed by atoms with E-state index in [4.69, 9.17) is 18.9 Å². The van der Waals surface area contributed by atoms with Crippen LogP contribution in [0, 0.1) is 0 Å². The molecule has 0 aromatic heterocycles. The highest BCUT2D eigenvalue weighted by Crippen LogP contribution is 2.14. The summed E-state index contributed by atoms with van der Waals surface area (Å²) >= 11 is 0. The number of hydrogen-bond acceptors (Lipinski definition) is 6. The molecule has 0 radical (unpaired) electrons. The van der Waals surface area contributed by atoms with Gasteiger partial charge in [-0.2, -0.15) is 0 Å². The summed E-state index contributed by atoms with van der Waals surface area (Å²) < 4.78 is 21.1. The van der Waals surface area contributed by atoms with Gasteiger partial charge in [-0.15, -0.1) is 0 Å². The van der Waals surface area contributed by atoms with Gasteiger partial charge in [0.05, 0.1) is 19.3 Å². The number of ether oxygens (including phenoxy) is 4. The van der Waals surface area contributed by atoms with Crippen LogP contribution in [-0.4, -0.2) is 76.0 Å². The van der Waals surface area contributed by atoms with Crippen molar-refractivity contribution >= 4 is 6.09 Å². The Morgan fingerprint density at radius 1 is 1.38 bits per heavy atom. The lowest BCUT2D eigenvalue weighted by Gasteiger charge is -2.36. The van der Waals surface area contributed by atoms with Crippen LogP contribution in [0.1, 0.15) is 20.8 Å². The Bertz CT molecular complexity index is 315. The third-order valence-corrected chi connectivity index (χ3v) is 3.07. The molecule has 0 saturated carbocycles. The number of carbonyl (C=O) groups is 1. The fourth-order valence-corrected chi connectivity index (χ4v) is 2.02. The minimum atomic E-state index is -0.495. The number of nitrogens with one attached hydrogen (secondary N) is 1. The van der Waals surface area contributed by atoms with Crippen LogP contribution in [0.5, 0.6) is 0 Å². The first-order valence-corrected chi connectivity index (χ1v) is 7.21. The molecule has 0 spiro atoms. The fourth-order valence-electron chi connectivity index (χ4n) is 2.02. The number of nitrogens with zero attached hydrogens (tertiary/aromatic N) is 1. The molecule has 124 valence electrons. The van der Waals surface area contributed by atoms with Crippen LogP contribution in [0.4, 0.5) is 4.79 Å².